The van der Waals surface area contributed by atoms with Crippen molar-refractivity contribution in [3.63, 3.8) is 0 Å². The Morgan fingerprint density at radius 3 is 2.74 bits per heavy atom. The Kier molecular flexibility index (Phi) is 4.31. The number of nitrogens with one attached hydrogen (secondary N) is 1. The molecule has 3 heterocycles. The maximum Gasteiger partial charge on any atom is 0.276 e. The SMILES string of the molecule is Cn1nc(C(=O)N2CCC(=Cc3ccccc3F)CC2)c2nc[nH]c(=O)c21. The summed E-state index contributed by atoms with van der Waals surface area (Å²) < 4.78 is 15.2. The van der Waals surface area contributed by atoms with Crippen LogP contribution in [0, 0.1) is 5.82 Å². The molecule has 3 aromatic rings. The highest BCUT2D eigenvalue weighted by Crippen LogP contribution is 2.23. The molecule has 0 atom stereocenters. The number of nitrogens with zero attached hydrogens (tertiary/aromatic N) is 4. The molecule has 138 valence electrons. The monoisotopic (exact) mass is 367 g/mol. The van der Waals surface area contributed by atoms with Crippen molar-refractivity contribution < 1.29 is 9.18 Å². The van der Waals surface area contributed by atoms with Crippen LogP contribution in [0.1, 0.15) is 28.9 Å². The molecule has 0 radical (unpaired) electrons. The summed E-state index contributed by atoms with van der Waals surface area (Å²) in [5.41, 5.74) is 2.09. The van der Waals surface area contributed by atoms with Gasteiger partial charge in [0.2, 0.25) is 0 Å². The van der Waals surface area contributed by atoms with E-state index in [1.165, 1.54) is 17.1 Å². The number of amides is 1. The van der Waals surface area contributed by atoms with Gasteiger partial charge in [0, 0.05) is 25.7 Å². The minimum atomic E-state index is -0.331. The maximum absolute atomic E-state index is 13.8. The molecule has 4 rings (SSSR count). The van der Waals surface area contributed by atoms with Crippen molar-refractivity contribution in [2.75, 3.05) is 13.1 Å². The number of piperidine rings is 1. The van der Waals surface area contributed by atoms with Crippen LogP contribution in [0.5, 0.6) is 0 Å². The molecule has 0 aliphatic carbocycles. The molecule has 27 heavy (non-hydrogen) atoms. The van der Waals surface area contributed by atoms with E-state index in [0.29, 0.717) is 37.0 Å². The Morgan fingerprint density at radius 2 is 2.00 bits per heavy atom. The van der Waals surface area contributed by atoms with Gasteiger partial charge in [-0.1, -0.05) is 29.8 Å². The summed E-state index contributed by atoms with van der Waals surface area (Å²) in [6, 6.07) is 6.64. The van der Waals surface area contributed by atoms with Gasteiger partial charge in [-0.15, -0.1) is 0 Å². The fraction of sp³-hybridized carbons (Fsp3) is 0.263. The normalized spacial score (nSPS) is 14.6. The smallest absolute Gasteiger partial charge is 0.276 e. The molecule has 8 heteroatoms. The number of fused-ring (bicyclic) bond motifs is 1. The fourth-order valence-electron chi connectivity index (χ4n) is 3.36. The minimum absolute atomic E-state index is 0.181. The summed E-state index contributed by atoms with van der Waals surface area (Å²) in [6.45, 7) is 1.03. The molecule has 1 aromatic carbocycles. The number of rotatable bonds is 2. The molecular formula is C19H18FN5O2. The lowest BCUT2D eigenvalue weighted by Gasteiger charge is -2.28. The molecule has 1 N–H and O–H groups in total. The van der Waals surface area contributed by atoms with E-state index in [1.807, 2.05) is 6.08 Å². The molecule has 1 saturated heterocycles. The van der Waals surface area contributed by atoms with Gasteiger partial charge in [-0.05, 0) is 18.9 Å². The highest BCUT2D eigenvalue weighted by molar-refractivity contribution is 6.03. The van der Waals surface area contributed by atoms with Crippen LogP contribution in [-0.2, 0) is 7.05 Å². The van der Waals surface area contributed by atoms with E-state index in [0.717, 1.165) is 5.57 Å². The highest BCUT2D eigenvalue weighted by Gasteiger charge is 2.26. The Labute approximate surface area is 154 Å². The number of hydrogen-bond acceptors (Lipinski definition) is 4. The van der Waals surface area contributed by atoms with Gasteiger partial charge in [0.15, 0.2) is 11.2 Å². The first-order valence-corrected chi connectivity index (χ1v) is 8.68. The number of aromatic nitrogens is 4. The second-order valence-corrected chi connectivity index (χ2v) is 6.52. The third-order valence-electron chi connectivity index (χ3n) is 4.79. The molecule has 1 amide bonds. The van der Waals surface area contributed by atoms with Crippen molar-refractivity contribution in [1.29, 1.82) is 0 Å². The molecule has 1 aliphatic rings. The first-order chi connectivity index (χ1) is 13.0. The van der Waals surface area contributed by atoms with Crippen LogP contribution >= 0.6 is 0 Å². The zero-order chi connectivity index (χ0) is 19.0. The number of likely N-dealkylation sites (tertiary alicyclic amines) is 1. The number of carbonyl (C=O) groups is 1. The number of carbonyl (C=O) groups excluding carboxylic acids is 1. The minimum Gasteiger partial charge on any atom is -0.337 e. The first kappa shape index (κ1) is 17.1. The number of aromatic amines is 1. The summed E-state index contributed by atoms with van der Waals surface area (Å²) >= 11 is 0. The van der Waals surface area contributed by atoms with Crippen molar-refractivity contribution in [2.45, 2.75) is 12.8 Å². The molecule has 1 aliphatic heterocycles. The quantitative estimate of drug-likeness (QED) is 0.752. The summed E-state index contributed by atoms with van der Waals surface area (Å²) in [5.74, 6) is -0.497. The second-order valence-electron chi connectivity index (χ2n) is 6.52. The standard InChI is InChI=1S/C19H18FN5O2/c1-24-17-15(21-11-22-18(17)26)16(23-24)19(27)25-8-6-12(7-9-25)10-13-4-2-3-5-14(13)20/h2-5,10-11H,6-9H2,1H3,(H,21,22,26). The number of hydrogen-bond donors (Lipinski definition) is 1. The summed E-state index contributed by atoms with van der Waals surface area (Å²) in [6.07, 6.45) is 4.46. The van der Waals surface area contributed by atoms with E-state index < -0.39 is 0 Å². The van der Waals surface area contributed by atoms with Gasteiger partial charge in [-0.25, -0.2) is 9.37 Å². The predicted octanol–water partition coefficient (Wildman–Crippen LogP) is 2.12. The molecule has 7 nitrogen and oxygen atoms in total. The Bertz CT molecular complexity index is 1100. The largest absolute Gasteiger partial charge is 0.337 e. The average molecular weight is 367 g/mol. The van der Waals surface area contributed by atoms with Crippen LogP contribution in [0.2, 0.25) is 0 Å². The number of H-pyrrole nitrogens is 1. The van der Waals surface area contributed by atoms with Gasteiger partial charge < -0.3 is 9.88 Å². The van der Waals surface area contributed by atoms with Crippen LogP contribution < -0.4 is 5.56 Å². The van der Waals surface area contributed by atoms with Crippen LogP contribution in [-0.4, -0.2) is 43.6 Å². The van der Waals surface area contributed by atoms with Crippen LogP contribution in [0.25, 0.3) is 17.1 Å². The predicted molar refractivity (Wildman–Crippen MR) is 98.6 cm³/mol. The molecule has 1 fully saturated rings. The number of aryl methyl sites for hydroxylation is 1. The van der Waals surface area contributed by atoms with Crippen molar-refractivity contribution in [3.8, 4) is 0 Å². The average Bonchev–Trinajstić information content (AvgIpc) is 3.02. The van der Waals surface area contributed by atoms with E-state index in [1.54, 1.807) is 30.1 Å². The molecular weight excluding hydrogens is 349 g/mol. The number of halogens is 1. The summed E-state index contributed by atoms with van der Waals surface area (Å²) in [4.78, 5) is 33.1. The van der Waals surface area contributed by atoms with Crippen molar-refractivity contribution >= 4 is 23.0 Å². The molecule has 0 saturated carbocycles. The summed E-state index contributed by atoms with van der Waals surface area (Å²) in [5, 5.41) is 4.20. The Balaban J connectivity index is 1.54. The molecule has 0 bridgehead atoms. The van der Waals surface area contributed by atoms with Crippen LogP contribution in [0.15, 0.2) is 41.0 Å². The second kappa shape index (κ2) is 6.79. The topological polar surface area (TPSA) is 83.9 Å². The third kappa shape index (κ3) is 3.14. The van der Waals surface area contributed by atoms with E-state index in [9.17, 15) is 14.0 Å². The number of benzene rings is 1. The molecule has 0 unspecified atom stereocenters. The zero-order valence-corrected chi connectivity index (χ0v) is 14.8. The maximum atomic E-state index is 13.8. The van der Waals surface area contributed by atoms with Gasteiger partial charge in [0.05, 0.1) is 6.33 Å². The van der Waals surface area contributed by atoms with Crippen molar-refractivity contribution in [3.05, 3.63) is 63.6 Å². The van der Waals surface area contributed by atoms with Gasteiger partial charge in [-0.2, -0.15) is 5.10 Å². The van der Waals surface area contributed by atoms with E-state index in [2.05, 4.69) is 15.1 Å². The Morgan fingerprint density at radius 1 is 1.26 bits per heavy atom. The van der Waals surface area contributed by atoms with Gasteiger partial charge >= 0.3 is 0 Å². The first-order valence-electron chi connectivity index (χ1n) is 8.68. The lowest BCUT2D eigenvalue weighted by atomic mass is 10.0. The van der Waals surface area contributed by atoms with Crippen molar-refractivity contribution in [1.82, 2.24) is 24.6 Å². The lowest BCUT2D eigenvalue weighted by Crippen LogP contribution is -2.36. The fourth-order valence-corrected chi connectivity index (χ4v) is 3.36. The van der Waals surface area contributed by atoms with Gasteiger partial charge in [0.1, 0.15) is 11.3 Å². The summed E-state index contributed by atoms with van der Waals surface area (Å²) in [7, 11) is 1.61. The van der Waals surface area contributed by atoms with Crippen molar-refractivity contribution in [2.24, 2.45) is 7.05 Å². The lowest BCUT2D eigenvalue weighted by molar-refractivity contribution is 0.0739. The highest BCUT2D eigenvalue weighted by atomic mass is 19.1. The van der Waals surface area contributed by atoms with E-state index in [-0.39, 0.29) is 28.5 Å². The molecule has 0 spiro atoms. The van der Waals surface area contributed by atoms with Crippen LogP contribution in [0.4, 0.5) is 4.39 Å². The van der Waals surface area contributed by atoms with E-state index in [4.69, 9.17) is 0 Å². The zero-order valence-electron chi connectivity index (χ0n) is 14.8. The van der Waals surface area contributed by atoms with Gasteiger partial charge in [-0.3, -0.25) is 14.3 Å². The molecule has 2 aromatic heterocycles. The van der Waals surface area contributed by atoms with Crippen LogP contribution in [0.3, 0.4) is 0 Å². The van der Waals surface area contributed by atoms with Gasteiger partial charge in [0.25, 0.3) is 11.5 Å². The Hall–Kier alpha value is -3.29. The van der Waals surface area contributed by atoms with E-state index >= 15 is 0 Å². The third-order valence-corrected chi connectivity index (χ3v) is 4.79.